The number of hydrogen-bond acceptors (Lipinski definition) is 2. The van der Waals surface area contributed by atoms with Gasteiger partial charge in [-0.3, -0.25) is 11.3 Å². The largest absolute Gasteiger partial charge is 0.271 e. The van der Waals surface area contributed by atoms with Gasteiger partial charge in [0.25, 0.3) is 0 Å². The molecule has 2 nitrogen and oxygen atoms in total. The van der Waals surface area contributed by atoms with Crippen LogP contribution in [0.1, 0.15) is 32.4 Å². The molecule has 15 heavy (non-hydrogen) atoms. The lowest BCUT2D eigenvalue weighted by molar-refractivity contribution is 0.275. The average Bonchev–Trinajstić information content (AvgIpc) is 2.11. The van der Waals surface area contributed by atoms with Gasteiger partial charge in [0.15, 0.2) is 0 Å². The lowest BCUT2D eigenvalue weighted by atomic mass is 9.83. The van der Waals surface area contributed by atoms with Crippen molar-refractivity contribution in [2.45, 2.75) is 26.8 Å². The van der Waals surface area contributed by atoms with E-state index in [0.717, 1.165) is 15.1 Å². The van der Waals surface area contributed by atoms with Crippen LogP contribution in [0.4, 0.5) is 0 Å². The highest BCUT2D eigenvalue weighted by Gasteiger charge is 2.27. The number of nitrogens with two attached hydrogens (primary N) is 1. The first kappa shape index (κ1) is 13.0. The maximum atomic E-state index is 6.23. The van der Waals surface area contributed by atoms with Crippen molar-refractivity contribution < 1.29 is 0 Å². The molecule has 84 valence electrons. The van der Waals surface area contributed by atoms with Crippen molar-refractivity contribution in [2.24, 2.45) is 11.3 Å². The first-order valence-electron chi connectivity index (χ1n) is 4.78. The van der Waals surface area contributed by atoms with Crippen molar-refractivity contribution in [1.82, 2.24) is 5.43 Å². The Labute approximate surface area is 104 Å². The second-order valence-corrected chi connectivity index (χ2v) is 5.84. The average molecular weight is 292 g/mol. The van der Waals surface area contributed by atoms with Crippen LogP contribution in [-0.4, -0.2) is 0 Å². The monoisotopic (exact) mass is 290 g/mol. The van der Waals surface area contributed by atoms with E-state index in [1.807, 2.05) is 18.2 Å². The molecule has 0 heterocycles. The molecule has 1 aromatic rings. The van der Waals surface area contributed by atoms with Gasteiger partial charge in [-0.25, -0.2) is 0 Å². The summed E-state index contributed by atoms with van der Waals surface area (Å²) in [7, 11) is 0. The normalized spacial score (nSPS) is 14.0. The predicted octanol–water partition coefficient (Wildman–Crippen LogP) is 3.65. The van der Waals surface area contributed by atoms with Crippen molar-refractivity contribution in [1.29, 1.82) is 0 Å². The van der Waals surface area contributed by atoms with Gasteiger partial charge < -0.3 is 0 Å². The zero-order valence-corrected chi connectivity index (χ0v) is 11.5. The van der Waals surface area contributed by atoms with Gasteiger partial charge in [0, 0.05) is 4.47 Å². The minimum absolute atomic E-state index is 0.0131. The third kappa shape index (κ3) is 2.94. The highest BCUT2D eigenvalue weighted by Crippen LogP contribution is 2.38. The fourth-order valence-electron chi connectivity index (χ4n) is 1.55. The van der Waals surface area contributed by atoms with Crippen molar-refractivity contribution in [3.63, 3.8) is 0 Å². The Kier molecular flexibility index (Phi) is 4.18. The van der Waals surface area contributed by atoms with E-state index < -0.39 is 0 Å². The molecule has 0 amide bonds. The molecule has 0 saturated heterocycles. The van der Waals surface area contributed by atoms with Gasteiger partial charge in [0.2, 0.25) is 0 Å². The SMILES string of the molecule is CC(C)(C)C(NN)c1cccc(Br)c1Cl. The van der Waals surface area contributed by atoms with Crippen LogP contribution in [0.25, 0.3) is 0 Å². The molecule has 0 saturated carbocycles. The molecule has 0 radical (unpaired) electrons. The van der Waals surface area contributed by atoms with Gasteiger partial charge in [-0.2, -0.15) is 0 Å². The molecule has 1 unspecified atom stereocenters. The van der Waals surface area contributed by atoms with Gasteiger partial charge >= 0.3 is 0 Å². The summed E-state index contributed by atoms with van der Waals surface area (Å²) in [4.78, 5) is 0. The summed E-state index contributed by atoms with van der Waals surface area (Å²) < 4.78 is 0.895. The van der Waals surface area contributed by atoms with Gasteiger partial charge in [0.05, 0.1) is 11.1 Å². The molecule has 0 fully saturated rings. The van der Waals surface area contributed by atoms with Crippen molar-refractivity contribution in [3.05, 3.63) is 33.3 Å². The fraction of sp³-hybridized carbons (Fsp3) is 0.455. The van der Waals surface area contributed by atoms with Crippen molar-refractivity contribution in [2.75, 3.05) is 0 Å². The second kappa shape index (κ2) is 4.83. The molecular weight excluding hydrogens is 275 g/mol. The van der Waals surface area contributed by atoms with Crippen LogP contribution < -0.4 is 11.3 Å². The quantitative estimate of drug-likeness (QED) is 0.645. The molecule has 0 aromatic heterocycles. The second-order valence-electron chi connectivity index (χ2n) is 4.61. The van der Waals surface area contributed by atoms with Crippen LogP contribution in [0.3, 0.4) is 0 Å². The zero-order valence-electron chi connectivity index (χ0n) is 9.14. The molecule has 0 aliphatic carbocycles. The summed E-state index contributed by atoms with van der Waals surface area (Å²) in [5, 5.41) is 0.718. The Morgan fingerprint density at radius 2 is 2.00 bits per heavy atom. The van der Waals surface area contributed by atoms with E-state index in [-0.39, 0.29) is 11.5 Å². The number of halogens is 2. The van der Waals surface area contributed by atoms with Gasteiger partial charge in [-0.05, 0) is 33.0 Å². The molecule has 0 aliphatic heterocycles. The molecule has 0 bridgehead atoms. The third-order valence-electron chi connectivity index (χ3n) is 2.33. The highest BCUT2D eigenvalue weighted by molar-refractivity contribution is 9.10. The first-order valence-corrected chi connectivity index (χ1v) is 5.95. The summed E-state index contributed by atoms with van der Waals surface area (Å²) >= 11 is 9.64. The fourth-order valence-corrected chi connectivity index (χ4v) is 2.17. The third-order valence-corrected chi connectivity index (χ3v) is 3.64. The lowest BCUT2D eigenvalue weighted by Gasteiger charge is -2.31. The van der Waals surface area contributed by atoms with Crippen LogP contribution in [0, 0.1) is 5.41 Å². The van der Waals surface area contributed by atoms with Crippen LogP contribution >= 0.6 is 27.5 Å². The Balaban J connectivity index is 3.19. The number of hydrogen-bond donors (Lipinski definition) is 2. The Bertz CT molecular complexity index is 347. The number of nitrogens with one attached hydrogen (secondary N) is 1. The smallest absolute Gasteiger partial charge is 0.0596 e. The topological polar surface area (TPSA) is 38.0 Å². The number of rotatable bonds is 2. The highest BCUT2D eigenvalue weighted by atomic mass is 79.9. The molecular formula is C11H16BrClN2. The van der Waals surface area contributed by atoms with Crippen LogP contribution in [0.2, 0.25) is 5.02 Å². The minimum Gasteiger partial charge on any atom is -0.271 e. The summed E-state index contributed by atoms with van der Waals surface area (Å²) in [6.45, 7) is 6.36. The Morgan fingerprint density at radius 3 is 2.47 bits per heavy atom. The molecule has 3 N–H and O–H groups in total. The maximum absolute atomic E-state index is 6.23. The van der Waals surface area contributed by atoms with E-state index in [2.05, 4.69) is 42.1 Å². The van der Waals surface area contributed by atoms with Crippen LogP contribution in [0.15, 0.2) is 22.7 Å². The van der Waals surface area contributed by atoms with E-state index in [1.165, 1.54) is 0 Å². The maximum Gasteiger partial charge on any atom is 0.0596 e. The zero-order chi connectivity index (χ0) is 11.6. The minimum atomic E-state index is 0.0131. The molecule has 4 heteroatoms. The standard InChI is InChI=1S/C11H16BrClN2/c1-11(2,3)10(15-14)7-5-4-6-8(12)9(7)13/h4-6,10,15H,14H2,1-3H3. The van der Waals surface area contributed by atoms with Gasteiger partial charge in [-0.15, -0.1) is 0 Å². The van der Waals surface area contributed by atoms with Crippen molar-refractivity contribution >= 4 is 27.5 Å². The summed E-state index contributed by atoms with van der Waals surface area (Å²) in [5.41, 5.74) is 3.85. The molecule has 0 aliphatic rings. The predicted molar refractivity (Wildman–Crippen MR) is 68.7 cm³/mol. The van der Waals surface area contributed by atoms with E-state index in [0.29, 0.717) is 0 Å². The summed E-state index contributed by atoms with van der Waals surface area (Å²) in [5.74, 6) is 5.59. The molecule has 1 rings (SSSR count). The van der Waals surface area contributed by atoms with Crippen LogP contribution in [-0.2, 0) is 0 Å². The van der Waals surface area contributed by atoms with Crippen LogP contribution in [0.5, 0.6) is 0 Å². The van der Waals surface area contributed by atoms with Gasteiger partial charge in [0.1, 0.15) is 0 Å². The molecule has 1 aromatic carbocycles. The van der Waals surface area contributed by atoms with E-state index in [9.17, 15) is 0 Å². The Hall–Kier alpha value is -0.0900. The Morgan fingerprint density at radius 1 is 1.40 bits per heavy atom. The van der Waals surface area contributed by atoms with Crippen molar-refractivity contribution in [3.8, 4) is 0 Å². The molecule has 0 spiro atoms. The first-order chi connectivity index (χ1) is 6.88. The lowest BCUT2D eigenvalue weighted by Crippen LogP contribution is -2.37. The van der Waals surface area contributed by atoms with Gasteiger partial charge in [-0.1, -0.05) is 44.5 Å². The summed E-state index contributed by atoms with van der Waals surface area (Å²) in [6, 6.07) is 5.90. The number of hydrazine groups is 1. The van der Waals surface area contributed by atoms with E-state index >= 15 is 0 Å². The molecule has 1 atom stereocenters. The van der Waals surface area contributed by atoms with E-state index in [1.54, 1.807) is 0 Å². The van der Waals surface area contributed by atoms with E-state index in [4.69, 9.17) is 17.4 Å². The summed E-state index contributed by atoms with van der Waals surface area (Å²) in [6.07, 6.45) is 0. The number of benzene rings is 1.